The van der Waals surface area contributed by atoms with Crippen LogP contribution in [0.4, 0.5) is 5.69 Å². The van der Waals surface area contributed by atoms with Gasteiger partial charge in [-0.2, -0.15) is 0 Å². The van der Waals surface area contributed by atoms with Gasteiger partial charge in [-0.3, -0.25) is 4.79 Å². The lowest BCUT2D eigenvalue weighted by atomic mass is 10.1. The van der Waals surface area contributed by atoms with Gasteiger partial charge in [0.1, 0.15) is 11.3 Å². The Morgan fingerprint density at radius 2 is 1.76 bits per heavy atom. The molecular weight excluding hydrogens is 506 g/mol. The Morgan fingerprint density at radius 1 is 1.03 bits per heavy atom. The molecule has 37 heavy (non-hydrogen) atoms. The summed E-state index contributed by atoms with van der Waals surface area (Å²) in [6, 6.07) is 23.2. The highest BCUT2D eigenvalue weighted by atomic mass is 32.2. The van der Waals surface area contributed by atoms with Crippen molar-refractivity contribution in [2.45, 2.75) is 42.0 Å². The molecule has 0 saturated carbocycles. The second kappa shape index (κ2) is 11.8. The van der Waals surface area contributed by atoms with Gasteiger partial charge in [-0.05, 0) is 60.9 Å². The number of anilines is 1. The minimum Gasteiger partial charge on any atom is -0.494 e. The molecule has 0 aliphatic carbocycles. The van der Waals surface area contributed by atoms with Crippen molar-refractivity contribution in [2.75, 3.05) is 12.4 Å². The summed E-state index contributed by atoms with van der Waals surface area (Å²) in [5.74, 6) is 0.513. The summed E-state index contributed by atoms with van der Waals surface area (Å²) >= 11 is 1.39. The quantitative estimate of drug-likeness (QED) is 0.259. The molecule has 4 rings (SSSR count). The van der Waals surface area contributed by atoms with Gasteiger partial charge in [-0.1, -0.05) is 61.2 Å². The van der Waals surface area contributed by atoms with Gasteiger partial charge in [-0.15, -0.1) is 0 Å². The zero-order valence-corrected chi connectivity index (χ0v) is 22.5. The minimum atomic E-state index is -3.68. The first-order valence-corrected chi connectivity index (χ1v) is 14.2. The predicted molar refractivity (Wildman–Crippen MR) is 149 cm³/mol. The smallest absolute Gasteiger partial charge is 0.240 e. The molecular formula is C28H29N3O4S2. The van der Waals surface area contributed by atoms with Gasteiger partial charge in [0.2, 0.25) is 15.9 Å². The number of pyridine rings is 1. The average Bonchev–Trinajstić information content (AvgIpc) is 2.91. The molecule has 3 aromatic carbocycles. The molecule has 2 N–H and O–H groups in total. The Morgan fingerprint density at radius 3 is 2.43 bits per heavy atom. The number of nitrogens with zero attached hydrogens (tertiary/aromatic N) is 1. The van der Waals surface area contributed by atoms with Gasteiger partial charge < -0.3 is 10.1 Å². The van der Waals surface area contributed by atoms with Crippen molar-refractivity contribution in [3.63, 3.8) is 0 Å². The van der Waals surface area contributed by atoms with Gasteiger partial charge in [0.25, 0.3) is 0 Å². The number of amides is 1. The molecule has 4 aromatic rings. The van der Waals surface area contributed by atoms with Crippen molar-refractivity contribution in [1.29, 1.82) is 0 Å². The van der Waals surface area contributed by atoms with Crippen LogP contribution in [-0.4, -0.2) is 31.7 Å². The Balaban J connectivity index is 1.43. The second-order valence-electron chi connectivity index (χ2n) is 8.47. The van der Waals surface area contributed by atoms with E-state index in [2.05, 4.69) is 10.0 Å². The SMILES string of the molecule is CCC(Sc1cc(C)c2cccc(OC)c2n1)C(=O)Nc1ccc(S(=O)(=O)NCc2ccccc2)cc1. The van der Waals surface area contributed by atoms with Crippen LogP contribution >= 0.6 is 11.8 Å². The number of rotatable bonds is 10. The molecule has 0 saturated heterocycles. The van der Waals surface area contributed by atoms with E-state index in [1.807, 2.05) is 68.4 Å². The van der Waals surface area contributed by atoms with E-state index in [1.165, 1.54) is 23.9 Å². The van der Waals surface area contributed by atoms with E-state index in [-0.39, 0.29) is 22.6 Å². The van der Waals surface area contributed by atoms with Gasteiger partial charge >= 0.3 is 0 Å². The van der Waals surface area contributed by atoms with Gasteiger partial charge in [0, 0.05) is 17.6 Å². The molecule has 0 fully saturated rings. The van der Waals surface area contributed by atoms with Crippen LogP contribution in [0.5, 0.6) is 5.75 Å². The lowest BCUT2D eigenvalue weighted by Crippen LogP contribution is -2.25. The summed E-state index contributed by atoms with van der Waals surface area (Å²) in [5, 5.41) is 4.26. The minimum absolute atomic E-state index is 0.132. The number of ether oxygens (including phenoxy) is 1. The first-order chi connectivity index (χ1) is 17.8. The largest absolute Gasteiger partial charge is 0.494 e. The van der Waals surface area contributed by atoms with Crippen molar-refractivity contribution < 1.29 is 17.9 Å². The molecule has 1 heterocycles. The highest BCUT2D eigenvalue weighted by Gasteiger charge is 2.21. The van der Waals surface area contributed by atoms with E-state index in [4.69, 9.17) is 9.72 Å². The van der Waals surface area contributed by atoms with Crippen molar-refractivity contribution in [2.24, 2.45) is 0 Å². The summed E-state index contributed by atoms with van der Waals surface area (Å²) in [6.07, 6.45) is 0.594. The maximum Gasteiger partial charge on any atom is 0.240 e. The molecule has 0 bridgehead atoms. The van der Waals surface area contributed by atoms with Gasteiger partial charge in [0.05, 0.1) is 22.3 Å². The van der Waals surface area contributed by atoms with Crippen LogP contribution in [0.2, 0.25) is 0 Å². The fourth-order valence-electron chi connectivity index (χ4n) is 3.85. The Hall–Kier alpha value is -3.40. The highest BCUT2D eigenvalue weighted by Crippen LogP contribution is 2.32. The number of benzene rings is 3. The summed E-state index contributed by atoms with van der Waals surface area (Å²) < 4.78 is 33.4. The summed E-state index contributed by atoms with van der Waals surface area (Å²) in [7, 11) is -2.06. The Labute approximate surface area is 221 Å². The van der Waals surface area contributed by atoms with Gasteiger partial charge in [0.15, 0.2) is 0 Å². The second-order valence-corrected chi connectivity index (χ2v) is 11.5. The molecule has 7 nitrogen and oxygen atoms in total. The molecule has 1 atom stereocenters. The third-order valence-electron chi connectivity index (χ3n) is 5.87. The van der Waals surface area contributed by atoms with Crippen LogP contribution in [0.3, 0.4) is 0 Å². The summed E-state index contributed by atoms with van der Waals surface area (Å²) in [4.78, 5) is 17.9. The standard InChI is InChI=1S/C28H29N3O4S2/c1-4-25(36-26-17-19(2)23-11-8-12-24(35-3)27(23)31-26)28(32)30-21-13-15-22(16-14-21)37(33,34)29-18-20-9-6-5-7-10-20/h5-17,25,29H,4,18H2,1-3H3,(H,30,32). The molecule has 0 radical (unpaired) electrons. The molecule has 1 aromatic heterocycles. The van der Waals surface area contributed by atoms with Crippen LogP contribution in [0.25, 0.3) is 10.9 Å². The monoisotopic (exact) mass is 535 g/mol. The van der Waals surface area contributed by atoms with E-state index < -0.39 is 10.0 Å². The number of aromatic nitrogens is 1. The van der Waals surface area contributed by atoms with Crippen LogP contribution in [-0.2, 0) is 21.4 Å². The number of nitrogens with one attached hydrogen (secondary N) is 2. The van der Waals surface area contributed by atoms with E-state index in [0.717, 1.165) is 27.1 Å². The van der Waals surface area contributed by atoms with E-state index in [0.29, 0.717) is 17.9 Å². The number of carbonyl (C=O) groups excluding carboxylic acids is 1. The van der Waals surface area contributed by atoms with Gasteiger partial charge in [-0.25, -0.2) is 18.1 Å². The Bertz CT molecular complexity index is 1490. The summed E-state index contributed by atoms with van der Waals surface area (Å²) in [6.45, 7) is 4.16. The first-order valence-electron chi connectivity index (χ1n) is 11.9. The fourth-order valence-corrected chi connectivity index (χ4v) is 5.88. The van der Waals surface area contributed by atoms with E-state index in [9.17, 15) is 13.2 Å². The van der Waals surface area contributed by atoms with Crippen LogP contribution in [0.15, 0.2) is 88.8 Å². The van der Waals surface area contributed by atoms with Crippen LogP contribution < -0.4 is 14.8 Å². The number of para-hydroxylation sites is 1. The number of sulfonamides is 1. The molecule has 192 valence electrons. The van der Waals surface area contributed by atoms with Crippen molar-refractivity contribution in [3.8, 4) is 5.75 Å². The molecule has 0 aliphatic rings. The van der Waals surface area contributed by atoms with Crippen molar-refractivity contribution in [1.82, 2.24) is 9.71 Å². The maximum atomic E-state index is 13.0. The Kier molecular flexibility index (Phi) is 8.48. The number of methoxy groups -OCH3 is 1. The van der Waals surface area contributed by atoms with Crippen LogP contribution in [0.1, 0.15) is 24.5 Å². The normalized spacial score (nSPS) is 12.3. The number of hydrogen-bond donors (Lipinski definition) is 2. The lowest BCUT2D eigenvalue weighted by Gasteiger charge is -2.16. The zero-order valence-electron chi connectivity index (χ0n) is 20.9. The van der Waals surface area contributed by atoms with E-state index in [1.54, 1.807) is 19.2 Å². The zero-order chi connectivity index (χ0) is 26.4. The molecule has 0 aliphatic heterocycles. The van der Waals surface area contributed by atoms with Crippen LogP contribution in [0, 0.1) is 6.92 Å². The molecule has 0 spiro atoms. The van der Waals surface area contributed by atoms with Crippen molar-refractivity contribution in [3.05, 3.63) is 90.0 Å². The molecule has 9 heteroatoms. The average molecular weight is 536 g/mol. The molecule has 1 unspecified atom stereocenters. The highest BCUT2D eigenvalue weighted by molar-refractivity contribution is 8.00. The number of aryl methyl sites for hydroxylation is 1. The topological polar surface area (TPSA) is 97.4 Å². The van der Waals surface area contributed by atoms with Crippen molar-refractivity contribution >= 4 is 44.3 Å². The first kappa shape index (κ1) is 26.7. The number of thioether (sulfide) groups is 1. The van der Waals surface area contributed by atoms with E-state index >= 15 is 0 Å². The predicted octanol–water partition coefficient (Wildman–Crippen LogP) is 5.54. The molecule has 1 amide bonds. The maximum absolute atomic E-state index is 13.0. The summed E-state index contributed by atoms with van der Waals surface area (Å²) in [5.41, 5.74) is 3.21. The lowest BCUT2D eigenvalue weighted by molar-refractivity contribution is -0.115. The number of carbonyl (C=O) groups is 1. The number of hydrogen-bond acceptors (Lipinski definition) is 6. The third-order valence-corrected chi connectivity index (χ3v) is 8.57. The fraction of sp³-hybridized carbons (Fsp3) is 0.214. The third kappa shape index (κ3) is 6.49. The number of fused-ring (bicyclic) bond motifs is 1.